The average Bonchev–Trinajstić information content (AvgIpc) is 2.16. The first-order valence-electron chi connectivity index (χ1n) is 3.92. The van der Waals surface area contributed by atoms with E-state index < -0.39 is 0 Å². The maximum absolute atomic E-state index is 11.1. The van der Waals surface area contributed by atoms with Gasteiger partial charge < -0.3 is 5.32 Å². The summed E-state index contributed by atoms with van der Waals surface area (Å²) in [4.78, 5) is 15.0. The van der Waals surface area contributed by atoms with Gasteiger partial charge in [-0.15, -0.1) is 0 Å². The fourth-order valence-corrected chi connectivity index (χ4v) is 0.748. The minimum absolute atomic E-state index is 0.295. The molecule has 0 aliphatic heterocycles. The molecule has 0 atom stereocenters. The van der Waals surface area contributed by atoms with Crippen molar-refractivity contribution in [3.63, 3.8) is 0 Å². The van der Waals surface area contributed by atoms with Crippen molar-refractivity contribution in [3.05, 3.63) is 36.7 Å². The molecule has 0 aliphatic rings. The first kappa shape index (κ1) is 9.25. The van der Waals surface area contributed by atoms with E-state index in [9.17, 15) is 4.79 Å². The summed E-state index contributed by atoms with van der Waals surface area (Å²) in [6, 6.07) is 5.01. The first-order valence-corrected chi connectivity index (χ1v) is 3.92. The zero-order valence-electron chi connectivity index (χ0n) is 7.32. The van der Waals surface area contributed by atoms with Gasteiger partial charge in [0.15, 0.2) is 0 Å². The fourth-order valence-electron chi connectivity index (χ4n) is 0.748. The van der Waals surface area contributed by atoms with Crippen molar-refractivity contribution in [1.29, 1.82) is 0 Å². The Hall–Kier alpha value is -1.84. The number of allylic oxidation sites excluding steroid dienone is 1. The smallest absolute Gasteiger partial charge is 0.315 e. The zero-order chi connectivity index (χ0) is 9.52. The van der Waals surface area contributed by atoms with Crippen LogP contribution in [-0.4, -0.2) is 11.0 Å². The van der Waals surface area contributed by atoms with Gasteiger partial charge in [-0.3, -0.25) is 5.32 Å². The molecule has 0 spiro atoms. The Labute approximate surface area is 76.7 Å². The molecule has 1 rings (SSSR count). The number of urea groups is 1. The molecule has 4 nitrogen and oxygen atoms in total. The molecule has 68 valence electrons. The lowest BCUT2D eigenvalue weighted by atomic mass is 10.5. The summed E-state index contributed by atoms with van der Waals surface area (Å²) in [5.74, 6) is 0.532. The zero-order valence-corrected chi connectivity index (χ0v) is 7.32. The predicted octanol–water partition coefficient (Wildman–Crippen LogP) is 1.74. The van der Waals surface area contributed by atoms with Gasteiger partial charge in [0, 0.05) is 12.4 Å². The minimum atomic E-state index is -0.295. The van der Waals surface area contributed by atoms with Crippen LogP contribution in [0, 0.1) is 0 Å². The summed E-state index contributed by atoms with van der Waals surface area (Å²) in [6.45, 7) is 1.82. The highest BCUT2D eigenvalue weighted by atomic mass is 16.2. The molecule has 1 heterocycles. The Morgan fingerprint density at radius 1 is 1.54 bits per heavy atom. The summed E-state index contributed by atoms with van der Waals surface area (Å²) < 4.78 is 0. The molecular weight excluding hydrogens is 166 g/mol. The second-order valence-electron chi connectivity index (χ2n) is 2.31. The van der Waals surface area contributed by atoms with Crippen LogP contribution in [0.2, 0.25) is 0 Å². The third-order valence-electron chi connectivity index (χ3n) is 1.29. The Kier molecular flexibility index (Phi) is 3.50. The Balaban J connectivity index is 2.46. The van der Waals surface area contributed by atoms with Crippen molar-refractivity contribution < 1.29 is 4.79 Å². The molecule has 0 saturated carbocycles. The molecule has 2 amide bonds. The van der Waals surface area contributed by atoms with Gasteiger partial charge in [-0.1, -0.05) is 12.1 Å². The van der Waals surface area contributed by atoms with Crippen LogP contribution in [0.15, 0.2) is 36.7 Å². The van der Waals surface area contributed by atoms with Gasteiger partial charge in [0.25, 0.3) is 0 Å². The molecule has 0 saturated heterocycles. The highest BCUT2D eigenvalue weighted by Gasteiger charge is 1.97. The molecule has 0 fully saturated rings. The highest BCUT2D eigenvalue weighted by molar-refractivity contribution is 5.88. The second-order valence-corrected chi connectivity index (χ2v) is 2.31. The van der Waals surface area contributed by atoms with Crippen LogP contribution in [0.1, 0.15) is 6.92 Å². The topological polar surface area (TPSA) is 54.0 Å². The van der Waals surface area contributed by atoms with Crippen molar-refractivity contribution >= 4 is 11.8 Å². The van der Waals surface area contributed by atoms with Crippen LogP contribution >= 0.6 is 0 Å². The number of carbonyl (C=O) groups excluding carboxylic acids is 1. The van der Waals surface area contributed by atoms with Crippen molar-refractivity contribution in [2.45, 2.75) is 6.92 Å². The number of amides is 2. The lowest BCUT2D eigenvalue weighted by molar-refractivity contribution is 0.255. The van der Waals surface area contributed by atoms with Crippen LogP contribution in [0.5, 0.6) is 0 Å². The second kappa shape index (κ2) is 4.92. The molecule has 0 aliphatic carbocycles. The molecule has 2 N–H and O–H groups in total. The van der Waals surface area contributed by atoms with Crippen LogP contribution in [0.25, 0.3) is 0 Å². The van der Waals surface area contributed by atoms with Gasteiger partial charge in [-0.2, -0.15) is 0 Å². The summed E-state index contributed by atoms with van der Waals surface area (Å²) in [7, 11) is 0. The van der Waals surface area contributed by atoms with E-state index in [-0.39, 0.29) is 6.03 Å². The number of rotatable bonds is 2. The SMILES string of the molecule is C/C=C/NC(=O)Nc1ccccn1. The van der Waals surface area contributed by atoms with E-state index in [0.29, 0.717) is 5.82 Å². The number of carbonyl (C=O) groups is 1. The standard InChI is InChI=1S/C9H11N3O/c1-2-6-11-9(13)12-8-5-3-4-7-10-8/h2-7H,1H3,(H2,10,11,12,13)/b6-2+. The quantitative estimate of drug-likeness (QED) is 0.722. The van der Waals surface area contributed by atoms with Gasteiger partial charge in [0.1, 0.15) is 5.82 Å². The van der Waals surface area contributed by atoms with E-state index in [1.807, 2.05) is 6.92 Å². The number of aromatic nitrogens is 1. The lowest BCUT2D eigenvalue weighted by Crippen LogP contribution is -2.24. The Bertz CT molecular complexity index is 295. The molecule has 0 bridgehead atoms. The maximum Gasteiger partial charge on any atom is 0.324 e. The molecule has 0 aromatic carbocycles. The number of anilines is 1. The number of hydrogen-bond acceptors (Lipinski definition) is 2. The summed E-state index contributed by atoms with van der Waals surface area (Å²) in [5, 5.41) is 5.07. The van der Waals surface area contributed by atoms with Crippen molar-refractivity contribution in [1.82, 2.24) is 10.3 Å². The van der Waals surface area contributed by atoms with E-state index in [2.05, 4.69) is 15.6 Å². The van der Waals surface area contributed by atoms with E-state index in [0.717, 1.165) is 0 Å². The van der Waals surface area contributed by atoms with Gasteiger partial charge in [0.2, 0.25) is 0 Å². The summed E-state index contributed by atoms with van der Waals surface area (Å²) in [6.07, 6.45) is 4.90. The third-order valence-corrected chi connectivity index (χ3v) is 1.29. The van der Waals surface area contributed by atoms with Crippen molar-refractivity contribution in [2.75, 3.05) is 5.32 Å². The number of nitrogens with one attached hydrogen (secondary N) is 2. The molecular formula is C9H11N3O. The number of hydrogen-bond donors (Lipinski definition) is 2. The van der Waals surface area contributed by atoms with E-state index in [1.54, 1.807) is 36.7 Å². The van der Waals surface area contributed by atoms with Crippen LogP contribution in [0.3, 0.4) is 0 Å². The molecule has 1 aromatic rings. The maximum atomic E-state index is 11.1. The normalized spacial score (nSPS) is 9.92. The van der Waals surface area contributed by atoms with Gasteiger partial charge in [-0.25, -0.2) is 9.78 Å². The van der Waals surface area contributed by atoms with Crippen molar-refractivity contribution in [3.8, 4) is 0 Å². The molecule has 0 radical (unpaired) electrons. The largest absolute Gasteiger partial charge is 0.324 e. The molecule has 1 aromatic heterocycles. The third kappa shape index (κ3) is 3.37. The van der Waals surface area contributed by atoms with Crippen LogP contribution in [0.4, 0.5) is 10.6 Å². The van der Waals surface area contributed by atoms with Gasteiger partial charge >= 0.3 is 6.03 Å². The Morgan fingerprint density at radius 3 is 3.00 bits per heavy atom. The average molecular weight is 177 g/mol. The van der Waals surface area contributed by atoms with Crippen molar-refractivity contribution in [2.24, 2.45) is 0 Å². The number of nitrogens with zero attached hydrogens (tertiary/aromatic N) is 1. The van der Waals surface area contributed by atoms with E-state index >= 15 is 0 Å². The van der Waals surface area contributed by atoms with E-state index in [4.69, 9.17) is 0 Å². The summed E-state index contributed by atoms with van der Waals surface area (Å²) in [5.41, 5.74) is 0. The van der Waals surface area contributed by atoms with E-state index in [1.165, 1.54) is 0 Å². The Morgan fingerprint density at radius 2 is 2.38 bits per heavy atom. The van der Waals surface area contributed by atoms with Gasteiger partial charge in [-0.05, 0) is 19.1 Å². The predicted molar refractivity (Wildman–Crippen MR) is 51.2 cm³/mol. The molecule has 4 heteroatoms. The van der Waals surface area contributed by atoms with Gasteiger partial charge in [0.05, 0.1) is 0 Å². The van der Waals surface area contributed by atoms with Crippen LogP contribution < -0.4 is 10.6 Å². The molecule has 13 heavy (non-hydrogen) atoms. The minimum Gasteiger partial charge on any atom is -0.315 e. The molecule has 0 unspecified atom stereocenters. The van der Waals surface area contributed by atoms with Crippen LogP contribution in [-0.2, 0) is 0 Å². The highest BCUT2D eigenvalue weighted by Crippen LogP contribution is 1.98. The fraction of sp³-hybridized carbons (Fsp3) is 0.111. The summed E-state index contributed by atoms with van der Waals surface area (Å²) >= 11 is 0. The first-order chi connectivity index (χ1) is 6.33. The lowest BCUT2D eigenvalue weighted by Gasteiger charge is -2.01. The number of pyridine rings is 1. The monoisotopic (exact) mass is 177 g/mol.